The van der Waals surface area contributed by atoms with Crippen molar-refractivity contribution in [2.24, 2.45) is 5.92 Å². The highest BCUT2D eigenvalue weighted by atomic mass is 16.5. The summed E-state index contributed by atoms with van der Waals surface area (Å²) in [7, 11) is 1.61. The Morgan fingerprint density at radius 3 is 2.68 bits per heavy atom. The van der Waals surface area contributed by atoms with Gasteiger partial charge in [0.1, 0.15) is 17.0 Å². The van der Waals surface area contributed by atoms with Crippen LogP contribution in [0.1, 0.15) is 57.9 Å². The Morgan fingerprint density at radius 2 is 2.06 bits per heavy atom. The van der Waals surface area contributed by atoms with Crippen LogP contribution in [-0.4, -0.2) is 46.8 Å². The van der Waals surface area contributed by atoms with Gasteiger partial charge in [-0.1, -0.05) is 0 Å². The van der Waals surface area contributed by atoms with Crippen LogP contribution < -0.4 is 15.4 Å². The minimum atomic E-state index is -0.922. The number of nitrogens with one attached hydrogen (secondary N) is 2. The molecule has 2 aromatic rings. The van der Waals surface area contributed by atoms with Gasteiger partial charge in [0.25, 0.3) is 11.8 Å². The summed E-state index contributed by atoms with van der Waals surface area (Å²) < 4.78 is 11.4. The number of amides is 3. The Kier molecular flexibility index (Phi) is 3.69. The van der Waals surface area contributed by atoms with Gasteiger partial charge in [0.05, 0.1) is 19.2 Å². The molecule has 9 nitrogen and oxygen atoms in total. The lowest BCUT2D eigenvalue weighted by Gasteiger charge is -2.53. The Hall–Kier alpha value is -3.20. The summed E-state index contributed by atoms with van der Waals surface area (Å²) in [5, 5.41) is 5.81. The average molecular weight is 422 g/mol. The Morgan fingerprint density at radius 1 is 1.26 bits per heavy atom. The minimum absolute atomic E-state index is 0.0503. The van der Waals surface area contributed by atoms with E-state index in [2.05, 4.69) is 15.6 Å². The molecule has 2 N–H and O–H groups in total. The lowest BCUT2D eigenvalue weighted by atomic mass is 9.63. The van der Waals surface area contributed by atoms with Gasteiger partial charge in [-0.3, -0.25) is 19.7 Å². The van der Waals surface area contributed by atoms with Crippen LogP contribution in [0.5, 0.6) is 5.75 Å². The topological polar surface area (TPSA) is 114 Å². The third-order valence-corrected chi connectivity index (χ3v) is 7.23. The van der Waals surface area contributed by atoms with Gasteiger partial charge in [0.15, 0.2) is 0 Å². The zero-order valence-corrected chi connectivity index (χ0v) is 17.2. The average Bonchev–Trinajstić information content (AvgIpc) is 3.23. The Balaban J connectivity index is 1.33. The number of nitrogens with zero attached hydrogens (tertiary/aromatic N) is 2. The number of aromatic nitrogens is 1. The molecule has 3 amide bonds. The first kappa shape index (κ1) is 18.6. The summed E-state index contributed by atoms with van der Waals surface area (Å²) in [5.74, 6) is 1.19. The molecular weight excluding hydrogens is 400 g/mol. The number of benzene rings is 1. The molecular formula is C22H22N4O5. The Labute approximate surface area is 178 Å². The minimum Gasteiger partial charge on any atom is -0.496 e. The maximum absolute atomic E-state index is 13.4. The summed E-state index contributed by atoms with van der Waals surface area (Å²) in [4.78, 5) is 43.8. The van der Waals surface area contributed by atoms with E-state index >= 15 is 0 Å². The van der Waals surface area contributed by atoms with Crippen molar-refractivity contribution in [2.75, 3.05) is 13.7 Å². The number of oxazole rings is 1. The van der Waals surface area contributed by atoms with Crippen molar-refractivity contribution in [3.05, 3.63) is 46.7 Å². The van der Waals surface area contributed by atoms with Crippen LogP contribution in [-0.2, 0) is 16.1 Å². The number of hydrogen-bond donors (Lipinski definition) is 2. The molecule has 31 heavy (non-hydrogen) atoms. The SMILES string of the molecule is COc1cc2c(cc1C1NCC1c1ncc(C)o1)C(=O)N(C13CC(C1)C(=O)NC3=O)C2. The molecule has 3 saturated heterocycles. The first-order valence-electron chi connectivity index (χ1n) is 10.4. The molecule has 1 aliphatic carbocycles. The number of fused-ring (bicyclic) bond motifs is 3. The molecule has 2 unspecified atom stereocenters. The molecule has 2 atom stereocenters. The highest BCUT2D eigenvalue weighted by Crippen LogP contribution is 2.50. The van der Waals surface area contributed by atoms with Crippen molar-refractivity contribution in [1.82, 2.24) is 20.5 Å². The molecule has 2 bridgehead atoms. The summed E-state index contributed by atoms with van der Waals surface area (Å²) in [5.41, 5.74) is 1.36. The number of carbonyl (C=O) groups excluding carboxylic acids is 3. The van der Waals surface area contributed by atoms with Gasteiger partial charge in [-0.2, -0.15) is 0 Å². The van der Waals surface area contributed by atoms with E-state index in [1.54, 1.807) is 18.2 Å². The van der Waals surface area contributed by atoms with Crippen molar-refractivity contribution >= 4 is 17.7 Å². The third kappa shape index (κ3) is 2.40. The van der Waals surface area contributed by atoms with E-state index in [-0.39, 0.29) is 35.6 Å². The zero-order chi connectivity index (χ0) is 21.5. The van der Waals surface area contributed by atoms with Crippen LogP contribution in [0.2, 0.25) is 0 Å². The fraction of sp³-hybridized carbons (Fsp3) is 0.455. The van der Waals surface area contributed by atoms with E-state index in [0.29, 0.717) is 36.6 Å². The number of imide groups is 1. The second-order valence-electron chi connectivity index (χ2n) is 8.90. The number of rotatable bonds is 4. The molecule has 4 aliphatic heterocycles. The number of ether oxygens (including phenoxy) is 1. The molecule has 0 spiro atoms. The van der Waals surface area contributed by atoms with Gasteiger partial charge >= 0.3 is 0 Å². The van der Waals surface area contributed by atoms with Crippen molar-refractivity contribution < 1.29 is 23.5 Å². The maximum atomic E-state index is 13.4. The summed E-state index contributed by atoms with van der Waals surface area (Å²) in [6.07, 6.45) is 2.51. The number of hydrogen-bond acceptors (Lipinski definition) is 7. The van der Waals surface area contributed by atoms with Gasteiger partial charge < -0.3 is 19.4 Å². The predicted molar refractivity (Wildman–Crippen MR) is 106 cm³/mol. The number of carbonyl (C=O) groups is 3. The molecule has 4 fully saturated rings. The summed E-state index contributed by atoms with van der Waals surface area (Å²) in [6.45, 7) is 2.92. The molecule has 160 valence electrons. The fourth-order valence-corrected chi connectivity index (χ4v) is 5.37. The number of aryl methyl sites for hydroxylation is 1. The molecule has 1 aromatic heterocycles. The van der Waals surface area contributed by atoms with E-state index in [1.165, 1.54) is 0 Å². The second-order valence-corrected chi connectivity index (χ2v) is 8.90. The van der Waals surface area contributed by atoms with E-state index in [0.717, 1.165) is 23.4 Å². The first-order valence-corrected chi connectivity index (χ1v) is 10.4. The molecule has 7 rings (SSSR count). The van der Waals surface area contributed by atoms with Gasteiger partial charge in [0, 0.05) is 36.2 Å². The predicted octanol–water partition coefficient (Wildman–Crippen LogP) is 1.18. The lowest BCUT2D eigenvalue weighted by Crippen LogP contribution is -2.73. The summed E-state index contributed by atoms with van der Waals surface area (Å²) in [6, 6.07) is 3.68. The monoisotopic (exact) mass is 422 g/mol. The zero-order valence-electron chi connectivity index (χ0n) is 17.2. The lowest BCUT2D eigenvalue weighted by molar-refractivity contribution is -0.160. The number of methoxy groups -OCH3 is 1. The third-order valence-electron chi connectivity index (χ3n) is 7.23. The van der Waals surface area contributed by atoms with E-state index in [9.17, 15) is 14.4 Å². The summed E-state index contributed by atoms with van der Waals surface area (Å²) >= 11 is 0. The highest BCUT2D eigenvalue weighted by Gasteiger charge is 2.63. The van der Waals surface area contributed by atoms with Crippen LogP contribution in [0.15, 0.2) is 22.7 Å². The van der Waals surface area contributed by atoms with Crippen LogP contribution in [0.25, 0.3) is 0 Å². The quantitative estimate of drug-likeness (QED) is 0.711. The molecule has 5 aliphatic rings. The van der Waals surface area contributed by atoms with E-state index in [1.807, 2.05) is 19.1 Å². The van der Waals surface area contributed by atoms with Gasteiger partial charge in [-0.25, -0.2) is 4.98 Å². The first-order chi connectivity index (χ1) is 14.9. The van der Waals surface area contributed by atoms with E-state index in [4.69, 9.17) is 9.15 Å². The largest absolute Gasteiger partial charge is 0.496 e. The Bertz CT molecular complexity index is 1150. The smallest absolute Gasteiger partial charge is 0.255 e. The molecule has 5 heterocycles. The van der Waals surface area contributed by atoms with E-state index < -0.39 is 5.54 Å². The van der Waals surface area contributed by atoms with Gasteiger partial charge in [-0.15, -0.1) is 0 Å². The van der Waals surface area contributed by atoms with Crippen molar-refractivity contribution in [3.8, 4) is 5.75 Å². The molecule has 0 radical (unpaired) electrons. The standard InChI is InChI=1S/C22H22N4O5/c1-10-7-24-19(31-10)15-8-23-17(15)14-4-13-11(3-16(14)30-2)9-26(20(13)28)22-5-12(6-22)18(27)25-21(22)29/h3-4,7,12,15,17,23H,5-6,8-9H2,1-2H3,(H,25,27,29). The molecule has 1 aromatic carbocycles. The van der Waals surface area contributed by atoms with Gasteiger partial charge in [0.2, 0.25) is 11.8 Å². The van der Waals surface area contributed by atoms with Crippen LogP contribution in [0.3, 0.4) is 0 Å². The molecule has 9 heteroatoms. The second kappa shape index (κ2) is 6.16. The van der Waals surface area contributed by atoms with Crippen molar-refractivity contribution in [3.63, 3.8) is 0 Å². The normalized spacial score (nSPS) is 31.1. The maximum Gasteiger partial charge on any atom is 0.255 e. The van der Waals surface area contributed by atoms with Crippen LogP contribution in [0.4, 0.5) is 0 Å². The van der Waals surface area contributed by atoms with Crippen LogP contribution in [0, 0.1) is 12.8 Å². The fourth-order valence-electron chi connectivity index (χ4n) is 5.37. The number of piperidine rings is 2. The van der Waals surface area contributed by atoms with Gasteiger partial charge in [-0.05, 0) is 37.5 Å². The van der Waals surface area contributed by atoms with Crippen LogP contribution >= 0.6 is 0 Å². The highest BCUT2D eigenvalue weighted by molar-refractivity contribution is 6.10. The van der Waals surface area contributed by atoms with Crippen molar-refractivity contribution in [2.45, 2.75) is 43.8 Å². The molecule has 1 saturated carbocycles. The van der Waals surface area contributed by atoms with Crippen molar-refractivity contribution in [1.29, 1.82) is 0 Å².